The first kappa shape index (κ1) is 29.5. The van der Waals surface area contributed by atoms with Crippen LogP contribution < -0.4 is 20.9 Å². The molecule has 44 heavy (non-hydrogen) atoms. The van der Waals surface area contributed by atoms with Gasteiger partial charge in [0.15, 0.2) is 0 Å². The number of fused-ring (bicyclic) bond motifs is 1. The minimum Gasteiger partial charge on any atom is -0.393 e. The van der Waals surface area contributed by atoms with Gasteiger partial charge in [-0.15, -0.1) is 0 Å². The highest BCUT2D eigenvalue weighted by Crippen LogP contribution is 2.35. The Labute approximate surface area is 252 Å². The number of carbonyl (C=O) groups excluding carboxylic acids is 4. The quantitative estimate of drug-likeness (QED) is 0.206. The number of nitrogens with one attached hydrogen (secondary N) is 1. The van der Waals surface area contributed by atoms with Gasteiger partial charge in [-0.3, -0.25) is 44.4 Å². The van der Waals surface area contributed by atoms with Crippen LogP contribution in [-0.2, 0) is 9.59 Å². The first-order valence-electron chi connectivity index (χ1n) is 14.9. The van der Waals surface area contributed by atoms with Crippen LogP contribution in [0.25, 0.3) is 0 Å². The molecule has 2 aromatic carbocycles. The molecule has 4 amide bonds. The maximum Gasteiger partial charge on any atom is 0.292 e. The van der Waals surface area contributed by atoms with Gasteiger partial charge in [0.25, 0.3) is 17.5 Å². The van der Waals surface area contributed by atoms with E-state index in [9.17, 15) is 29.3 Å². The van der Waals surface area contributed by atoms with Crippen LogP contribution >= 0.6 is 0 Å². The highest BCUT2D eigenvalue weighted by atomic mass is 19.1. The molecular formula is C30H34FN7O6. The monoisotopic (exact) mass is 607 g/mol. The highest BCUT2D eigenvalue weighted by molar-refractivity contribution is 6.23. The molecule has 0 radical (unpaired) electrons. The third-order valence-corrected chi connectivity index (χ3v) is 9.26. The molecule has 3 N–H and O–H groups in total. The number of nitrogen functional groups attached to an aromatic ring is 1. The molecule has 0 bridgehead atoms. The number of nitro benzene ring substituents is 1. The molecule has 1 unspecified atom stereocenters. The van der Waals surface area contributed by atoms with Crippen molar-refractivity contribution in [1.29, 1.82) is 0 Å². The van der Waals surface area contributed by atoms with E-state index in [1.54, 1.807) is 12.1 Å². The number of piperidine rings is 2. The van der Waals surface area contributed by atoms with Gasteiger partial charge in [-0.1, -0.05) is 0 Å². The molecule has 6 rings (SSSR count). The van der Waals surface area contributed by atoms with Crippen LogP contribution in [0.4, 0.5) is 27.1 Å². The van der Waals surface area contributed by atoms with E-state index in [0.29, 0.717) is 19.0 Å². The zero-order valence-corrected chi connectivity index (χ0v) is 24.2. The van der Waals surface area contributed by atoms with E-state index in [-0.39, 0.29) is 41.0 Å². The van der Waals surface area contributed by atoms with Crippen molar-refractivity contribution in [2.75, 3.05) is 61.3 Å². The minimum atomic E-state index is -1.09. The Kier molecular flexibility index (Phi) is 7.93. The summed E-state index contributed by atoms with van der Waals surface area (Å²) in [5, 5.41) is 13.2. The normalized spacial score (nSPS) is 21.6. The van der Waals surface area contributed by atoms with E-state index in [2.05, 4.69) is 15.1 Å². The van der Waals surface area contributed by atoms with Crippen molar-refractivity contribution in [2.24, 2.45) is 5.92 Å². The number of benzene rings is 2. The number of hydrogen-bond donors (Lipinski definition) is 2. The molecule has 0 aliphatic carbocycles. The second-order valence-corrected chi connectivity index (χ2v) is 11.8. The molecule has 4 heterocycles. The number of hydrogen-bond acceptors (Lipinski definition) is 10. The van der Waals surface area contributed by atoms with Gasteiger partial charge in [0.05, 0.1) is 21.7 Å². The number of nitro groups is 1. The van der Waals surface area contributed by atoms with Gasteiger partial charge in [0.2, 0.25) is 11.8 Å². The largest absolute Gasteiger partial charge is 0.393 e. The second-order valence-electron chi connectivity index (χ2n) is 11.8. The summed E-state index contributed by atoms with van der Waals surface area (Å²) >= 11 is 0. The van der Waals surface area contributed by atoms with Crippen molar-refractivity contribution in [3.05, 3.63) is 57.4 Å². The highest BCUT2D eigenvalue weighted by Gasteiger charge is 2.45. The lowest BCUT2D eigenvalue weighted by Crippen LogP contribution is -2.54. The van der Waals surface area contributed by atoms with Crippen LogP contribution in [0.1, 0.15) is 52.8 Å². The van der Waals surface area contributed by atoms with Crippen LogP contribution in [0.2, 0.25) is 0 Å². The molecule has 13 nitrogen and oxygen atoms in total. The summed E-state index contributed by atoms with van der Waals surface area (Å²) in [6.45, 7) is 5.53. The zero-order valence-electron chi connectivity index (χ0n) is 24.2. The van der Waals surface area contributed by atoms with E-state index in [0.717, 1.165) is 68.6 Å². The first-order chi connectivity index (χ1) is 21.1. The molecule has 232 valence electrons. The SMILES string of the molecule is Nc1cc(N2CCN(CCC3CCN(c4cc5c(cc4F)C(=O)N(C4CCC(=O)NC4=O)C5=O)CC3)CC2)ccc1[N+](=O)[O-]. The first-order valence-corrected chi connectivity index (χ1v) is 14.9. The Bertz CT molecular complexity index is 1530. The third kappa shape index (κ3) is 5.56. The molecule has 1 atom stereocenters. The molecule has 3 fully saturated rings. The van der Waals surface area contributed by atoms with Crippen LogP contribution in [0, 0.1) is 21.8 Å². The maximum absolute atomic E-state index is 15.3. The molecular weight excluding hydrogens is 573 g/mol. The van der Waals surface area contributed by atoms with Crippen LogP contribution in [-0.4, -0.2) is 90.2 Å². The number of carbonyl (C=O) groups is 4. The zero-order chi connectivity index (χ0) is 31.1. The van der Waals surface area contributed by atoms with Crippen LogP contribution in [0.5, 0.6) is 0 Å². The van der Waals surface area contributed by atoms with Crippen molar-refractivity contribution < 1.29 is 28.5 Å². The molecule has 14 heteroatoms. The molecule has 4 aliphatic heterocycles. The molecule has 4 aliphatic rings. The Hall–Kier alpha value is -4.59. The number of halogens is 1. The van der Waals surface area contributed by atoms with Crippen molar-refractivity contribution in [3.8, 4) is 0 Å². The lowest BCUT2D eigenvalue weighted by atomic mass is 9.92. The number of piperazine rings is 1. The Morgan fingerprint density at radius 3 is 2.23 bits per heavy atom. The summed E-state index contributed by atoms with van der Waals surface area (Å²) in [7, 11) is 0. The van der Waals surface area contributed by atoms with Crippen LogP contribution in [0.15, 0.2) is 30.3 Å². The van der Waals surface area contributed by atoms with E-state index in [1.165, 1.54) is 12.1 Å². The van der Waals surface area contributed by atoms with E-state index >= 15 is 4.39 Å². The Balaban J connectivity index is 1.00. The lowest BCUT2D eigenvalue weighted by Gasteiger charge is -2.38. The summed E-state index contributed by atoms with van der Waals surface area (Å²) in [6, 6.07) is 6.28. The Morgan fingerprint density at radius 2 is 1.59 bits per heavy atom. The van der Waals surface area contributed by atoms with E-state index < -0.39 is 40.4 Å². The molecule has 0 aromatic heterocycles. The molecule has 2 aromatic rings. The van der Waals surface area contributed by atoms with Gasteiger partial charge in [0.1, 0.15) is 17.5 Å². The predicted octanol–water partition coefficient (Wildman–Crippen LogP) is 2.15. The van der Waals surface area contributed by atoms with Crippen molar-refractivity contribution in [3.63, 3.8) is 0 Å². The lowest BCUT2D eigenvalue weighted by molar-refractivity contribution is -0.383. The average Bonchev–Trinajstić information content (AvgIpc) is 3.24. The number of nitrogens with zero attached hydrogens (tertiary/aromatic N) is 5. The van der Waals surface area contributed by atoms with E-state index in [4.69, 9.17) is 5.73 Å². The number of amides is 4. The fourth-order valence-corrected chi connectivity index (χ4v) is 6.68. The van der Waals surface area contributed by atoms with Gasteiger partial charge < -0.3 is 15.5 Å². The van der Waals surface area contributed by atoms with Gasteiger partial charge >= 0.3 is 0 Å². The summed E-state index contributed by atoms with van der Waals surface area (Å²) in [4.78, 5) is 67.9. The minimum absolute atomic E-state index is 0.0201. The fourth-order valence-electron chi connectivity index (χ4n) is 6.68. The van der Waals surface area contributed by atoms with Crippen LogP contribution in [0.3, 0.4) is 0 Å². The number of imide groups is 2. The number of anilines is 3. The third-order valence-electron chi connectivity index (χ3n) is 9.26. The standard InChI is InChI=1S/C30H34FN7O6/c31-22-16-20-21(30(42)37(29(20)41)25-3-4-27(39)33-28(25)40)17-26(22)36-9-6-18(7-10-36)5-8-34-11-13-35(14-12-34)19-1-2-24(38(43)44)23(32)15-19/h1-2,15-18,25H,3-14,32H2,(H,33,39,40). The predicted molar refractivity (Wildman–Crippen MR) is 159 cm³/mol. The summed E-state index contributed by atoms with van der Waals surface area (Å²) in [5.41, 5.74) is 7.11. The molecule has 0 spiro atoms. The van der Waals surface area contributed by atoms with E-state index in [1.807, 2.05) is 4.90 Å². The smallest absolute Gasteiger partial charge is 0.292 e. The van der Waals surface area contributed by atoms with Gasteiger partial charge in [-0.2, -0.15) is 0 Å². The number of rotatable bonds is 7. The van der Waals surface area contributed by atoms with Gasteiger partial charge in [-0.05, 0) is 62.4 Å². The second kappa shape index (κ2) is 11.8. The summed E-state index contributed by atoms with van der Waals surface area (Å²) in [5.74, 6) is -2.62. The van der Waals surface area contributed by atoms with Crippen molar-refractivity contribution >= 4 is 46.4 Å². The average molecular weight is 608 g/mol. The topological polar surface area (TPSA) is 162 Å². The van der Waals surface area contributed by atoms with Gasteiger partial charge in [-0.25, -0.2) is 4.39 Å². The number of nitrogens with two attached hydrogens (primary N) is 1. The summed E-state index contributed by atoms with van der Waals surface area (Å²) < 4.78 is 15.3. The van der Waals surface area contributed by atoms with Gasteiger partial charge in [0, 0.05) is 57.4 Å². The van der Waals surface area contributed by atoms with Crippen molar-refractivity contribution in [2.45, 2.75) is 38.1 Å². The molecule has 3 saturated heterocycles. The summed E-state index contributed by atoms with van der Waals surface area (Å²) in [6.07, 6.45) is 2.82. The molecule has 0 saturated carbocycles. The fraction of sp³-hybridized carbons (Fsp3) is 0.467. The Morgan fingerprint density at radius 1 is 0.909 bits per heavy atom. The maximum atomic E-state index is 15.3. The van der Waals surface area contributed by atoms with Crippen molar-refractivity contribution in [1.82, 2.24) is 15.1 Å².